The lowest BCUT2D eigenvalue weighted by atomic mass is 10.6. The van der Waals surface area contributed by atoms with Crippen LogP contribution in [-0.2, 0) is 20.0 Å². The number of hydrogen-bond donors (Lipinski definition) is 0. The highest BCUT2D eigenvalue weighted by molar-refractivity contribution is 7.90. The van der Waals surface area contributed by atoms with Crippen LogP contribution in [0, 0.1) is 0 Å². The molecule has 0 fully saturated rings. The third-order valence-corrected chi connectivity index (χ3v) is 5.31. The van der Waals surface area contributed by atoms with Gasteiger partial charge in [-0.15, -0.1) is 0 Å². The quantitative estimate of drug-likeness (QED) is 0.678. The highest BCUT2D eigenvalue weighted by atomic mass is 32.2. The monoisotopic (exact) mass is 352 g/mol. The zero-order valence-corrected chi connectivity index (χ0v) is 11.7. The molecule has 0 saturated heterocycles. The summed E-state index contributed by atoms with van der Waals surface area (Å²) < 4.78 is 115. The maximum absolute atomic E-state index is 12.1. The summed E-state index contributed by atoms with van der Waals surface area (Å²) in [6.45, 7) is -2.18. The summed E-state index contributed by atoms with van der Waals surface area (Å²) in [5.41, 5.74) is -11.2. The molecule has 6 nitrogen and oxygen atoms in total. The number of nitrogens with zero attached hydrogens (tertiary/aromatic N) is 2. The summed E-state index contributed by atoms with van der Waals surface area (Å²) in [6.07, 6.45) is 0. The van der Waals surface area contributed by atoms with E-state index in [0.717, 1.165) is 0 Å². The Bertz CT molecular complexity index is 487. The van der Waals surface area contributed by atoms with Crippen molar-refractivity contribution in [1.82, 2.24) is 8.61 Å². The second kappa shape index (κ2) is 5.65. The van der Waals surface area contributed by atoms with E-state index in [4.69, 9.17) is 0 Å². The molecule has 0 spiro atoms. The Morgan fingerprint density at radius 2 is 0.900 bits per heavy atom. The van der Waals surface area contributed by atoms with Gasteiger partial charge >= 0.3 is 31.1 Å². The molecular formula is C6H10F6N2O4S2. The Hall–Kier alpha value is -0.600. The molecule has 0 heterocycles. The zero-order chi connectivity index (χ0) is 16.6. The molecule has 0 atom stereocenters. The van der Waals surface area contributed by atoms with Gasteiger partial charge in [0, 0.05) is 27.2 Å². The first-order valence-electron chi connectivity index (χ1n) is 4.60. The summed E-state index contributed by atoms with van der Waals surface area (Å²) in [4.78, 5) is 0. The fourth-order valence-electron chi connectivity index (χ4n) is 0.875. The molecule has 0 aliphatic carbocycles. The number of rotatable bonds is 5. The van der Waals surface area contributed by atoms with E-state index >= 15 is 0 Å². The van der Waals surface area contributed by atoms with Gasteiger partial charge in [-0.05, 0) is 0 Å². The first-order valence-corrected chi connectivity index (χ1v) is 7.48. The fraction of sp³-hybridized carbons (Fsp3) is 1.00. The molecule has 0 rings (SSSR count). The molecule has 0 aromatic carbocycles. The molecule has 0 saturated carbocycles. The first kappa shape index (κ1) is 19.4. The van der Waals surface area contributed by atoms with Gasteiger partial charge in [0.05, 0.1) is 0 Å². The van der Waals surface area contributed by atoms with Crippen molar-refractivity contribution >= 4 is 20.0 Å². The average Bonchev–Trinajstić information content (AvgIpc) is 2.21. The summed E-state index contributed by atoms with van der Waals surface area (Å²) in [6, 6.07) is 0. The molecule has 0 aliphatic heterocycles. The lowest BCUT2D eigenvalue weighted by Gasteiger charge is -2.23. The largest absolute Gasteiger partial charge is 0.511 e. The smallest absolute Gasteiger partial charge is 0.203 e. The van der Waals surface area contributed by atoms with E-state index in [1.165, 1.54) is 0 Å². The van der Waals surface area contributed by atoms with E-state index in [0.29, 0.717) is 14.1 Å². The van der Waals surface area contributed by atoms with Crippen LogP contribution in [0.3, 0.4) is 0 Å². The fourth-order valence-corrected chi connectivity index (χ4v) is 2.23. The van der Waals surface area contributed by atoms with Crippen molar-refractivity contribution in [3.8, 4) is 0 Å². The number of halogens is 6. The molecule has 0 aromatic heterocycles. The van der Waals surface area contributed by atoms with Crippen LogP contribution < -0.4 is 0 Å². The minimum Gasteiger partial charge on any atom is -0.203 e. The number of sulfonamides is 2. The molecule has 14 heteroatoms. The van der Waals surface area contributed by atoms with Gasteiger partial charge in [0.2, 0.25) is 0 Å². The van der Waals surface area contributed by atoms with Crippen LogP contribution in [0.1, 0.15) is 0 Å². The van der Waals surface area contributed by atoms with Crippen molar-refractivity contribution in [3.05, 3.63) is 0 Å². The molecule has 0 amide bonds. The van der Waals surface area contributed by atoms with Crippen LogP contribution in [-0.4, -0.2) is 63.6 Å². The average molecular weight is 352 g/mol. The highest BCUT2D eigenvalue weighted by Crippen LogP contribution is 2.27. The molecule has 20 heavy (non-hydrogen) atoms. The second-order valence-electron chi connectivity index (χ2n) is 3.54. The van der Waals surface area contributed by atoms with E-state index < -0.39 is 44.2 Å². The van der Waals surface area contributed by atoms with E-state index in [9.17, 15) is 43.2 Å². The predicted octanol–water partition coefficient (Wildman–Crippen LogP) is 0.549. The Kier molecular flexibility index (Phi) is 5.48. The Balaban J connectivity index is 4.92. The first-order chi connectivity index (χ1) is 8.55. The van der Waals surface area contributed by atoms with Crippen molar-refractivity contribution in [2.24, 2.45) is 0 Å². The standard InChI is InChI=1S/C6H10F6N2O4S2/c1-13(19(15,16)5(7,8)9)3-4-14(2)20(17,18)6(10,11)12/h3-4H2,1-2H3. The Morgan fingerprint density at radius 1 is 0.700 bits per heavy atom. The molecule has 0 aromatic rings. The van der Waals surface area contributed by atoms with Gasteiger partial charge in [-0.25, -0.2) is 16.8 Å². The summed E-state index contributed by atoms with van der Waals surface area (Å²) >= 11 is 0. The number of likely N-dealkylation sites (N-methyl/N-ethyl adjacent to an activating group) is 2. The maximum atomic E-state index is 12.1. The van der Waals surface area contributed by atoms with Gasteiger partial charge in [-0.3, -0.25) is 0 Å². The van der Waals surface area contributed by atoms with E-state index in [-0.39, 0.29) is 8.61 Å². The summed E-state index contributed by atoms with van der Waals surface area (Å²) in [5.74, 6) is 0. The lowest BCUT2D eigenvalue weighted by molar-refractivity contribution is -0.0500. The van der Waals surface area contributed by atoms with Gasteiger partial charge in [0.25, 0.3) is 0 Å². The van der Waals surface area contributed by atoms with Crippen molar-refractivity contribution in [1.29, 1.82) is 0 Å². The van der Waals surface area contributed by atoms with Gasteiger partial charge in [0.1, 0.15) is 0 Å². The van der Waals surface area contributed by atoms with Gasteiger partial charge < -0.3 is 0 Å². The molecule has 0 unspecified atom stereocenters. The van der Waals surface area contributed by atoms with Crippen LogP contribution in [0.15, 0.2) is 0 Å². The van der Waals surface area contributed by atoms with Crippen LogP contribution in [0.4, 0.5) is 26.3 Å². The van der Waals surface area contributed by atoms with E-state index in [1.807, 2.05) is 0 Å². The molecule has 0 N–H and O–H groups in total. The van der Waals surface area contributed by atoms with Crippen molar-refractivity contribution in [2.75, 3.05) is 27.2 Å². The normalized spacial score (nSPS) is 15.1. The van der Waals surface area contributed by atoms with Crippen LogP contribution in [0.2, 0.25) is 0 Å². The second-order valence-corrected chi connectivity index (χ2v) is 7.62. The van der Waals surface area contributed by atoms with Crippen LogP contribution in [0.25, 0.3) is 0 Å². The summed E-state index contributed by atoms with van der Waals surface area (Å²) in [5, 5.41) is 0. The number of alkyl halides is 6. The molecule has 0 radical (unpaired) electrons. The van der Waals surface area contributed by atoms with Gasteiger partial charge in [0.15, 0.2) is 0 Å². The summed E-state index contributed by atoms with van der Waals surface area (Å²) in [7, 11) is -10.5. The van der Waals surface area contributed by atoms with Crippen molar-refractivity contribution in [3.63, 3.8) is 0 Å². The molecule has 122 valence electrons. The van der Waals surface area contributed by atoms with E-state index in [2.05, 4.69) is 0 Å². The van der Waals surface area contributed by atoms with Crippen LogP contribution >= 0.6 is 0 Å². The minimum atomic E-state index is -5.72. The van der Waals surface area contributed by atoms with E-state index in [1.54, 1.807) is 0 Å². The van der Waals surface area contributed by atoms with Crippen molar-refractivity contribution in [2.45, 2.75) is 11.0 Å². The zero-order valence-electron chi connectivity index (χ0n) is 10.0. The third-order valence-electron chi connectivity index (χ3n) is 2.14. The third kappa shape index (κ3) is 3.95. The van der Waals surface area contributed by atoms with Gasteiger partial charge in [-0.1, -0.05) is 0 Å². The molecule has 0 aliphatic rings. The Labute approximate surface area is 111 Å². The SMILES string of the molecule is CN(CCN(C)S(=O)(=O)C(F)(F)F)S(=O)(=O)C(F)(F)F. The molecular weight excluding hydrogens is 342 g/mol. The molecule has 0 bridgehead atoms. The predicted molar refractivity (Wildman–Crippen MR) is 55.2 cm³/mol. The topological polar surface area (TPSA) is 74.8 Å². The Morgan fingerprint density at radius 3 is 1.05 bits per heavy atom. The number of hydrogen-bond acceptors (Lipinski definition) is 4. The lowest BCUT2D eigenvalue weighted by Crippen LogP contribution is -2.45. The highest BCUT2D eigenvalue weighted by Gasteiger charge is 2.50. The van der Waals surface area contributed by atoms with Crippen molar-refractivity contribution < 1.29 is 43.2 Å². The van der Waals surface area contributed by atoms with Crippen LogP contribution in [0.5, 0.6) is 0 Å². The maximum Gasteiger partial charge on any atom is 0.511 e. The minimum absolute atomic E-state index is 0.282. The van der Waals surface area contributed by atoms with Gasteiger partial charge in [-0.2, -0.15) is 35.0 Å².